The second-order valence-corrected chi connectivity index (χ2v) is 4.92. The first-order valence-corrected chi connectivity index (χ1v) is 6.21. The summed E-state index contributed by atoms with van der Waals surface area (Å²) in [6, 6.07) is 8.09. The Kier molecular flexibility index (Phi) is 4.23. The largest absolute Gasteiger partial charge is 0.296 e. The van der Waals surface area contributed by atoms with E-state index in [1.165, 1.54) is 5.56 Å². The summed E-state index contributed by atoms with van der Waals surface area (Å²) in [6.45, 7) is 1.72. The van der Waals surface area contributed by atoms with Gasteiger partial charge in [-0.25, -0.2) is 0 Å². The zero-order valence-corrected chi connectivity index (χ0v) is 11.3. The SMILES string of the molecule is CN(Cc1cccnc1)Cc1ccc(Br)cn1. The summed E-state index contributed by atoms with van der Waals surface area (Å²) in [7, 11) is 2.08. The molecule has 0 saturated heterocycles. The molecule has 2 aromatic rings. The van der Waals surface area contributed by atoms with E-state index in [-0.39, 0.29) is 0 Å². The molecule has 0 aliphatic heterocycles. The van der Waals surface area contributed by atoms with E-state index < -0.39 is 0 Å². The summed E-state index contributed by atoms with van der Waals surface area (Å²) in [5, 5.41) is 0. The first-order valence-electron chi connectivity index (χ1n) is 5.42. The highest BCUT2D eigenvalue weighted by molar-refractivity contribution is 9.10. The van der Waals surface area contributed by atoms with Crippen molar-refractivity contribution in [1.82, 2.24) is 14.9 Å². The molecule has 0 aliphatic carbocycles. The van der Waals surface area contributed by atoms with Gasteiger partial charge < -0.3 is 0 Å². The van der Waals surface area contributed by atoms with Crippen LogP contribution in [-0.4, -0.2) is 21.9 Å². The lowest BCUT2D eigenvalue weighted by molar-refractivity contribution is 0.314. The smallest absolute Gasteiger partial charge is 0.0544 e. The third kappa shape index (κ3) is 3.91. The van der Waals surface area contributed by atoms with Gasteiger partial charge in [0.15, 0.2) is 0 Å². The van der Waals surface area contributed by atoms with Crippen LogP contribution in [0.25, 0.3) is 0 Å². The van der Waals surface area contributed by atoms with E-state index in [4.69, 9.17) is 0 Å². The average Bonchev–Trinajstić information content (AvgIpc) is 2.33. The molecule has 3 nitrogen and oxygen atoms in total. The summed E-state index contributed by atoms with van der Waals surface area (Å²) in [5.41, 5.74) is 2.28. The van der Waals surface area contributed by atoms with E-state index in [9.17, 15) is 0 Å². The van der Waals surface area contributed by atoms with E-state index in [1.54, 1.807) is 6.20 Å². The highest BCUT2D eigenvalue weighted by Crippen LogP contribution is 2.09. The first kappa shape index (κ1) is 12.2. The van der Waals surface area contributed by atoms with Gasteiger partial charge in [-0.1, -0.05) is 6.07 Å². The molecule has 2 rings (SSSR count). The molecule has 0 atom stereocenters. The summed E-state index contributed by atoms with van der Waals surface area (Å²) in [4.78, 5) is 10.7. The van der Waals surface area contributed by atoms with Crippen LogP contribution in [0.1, 0.15) is 11.3 Å². The molecule has 0 bridgehead atoms. The third-order valence-electron chi connectivity index (χ3n) is 2.40. The van der Waals surface area contributed by atoms with Crippen LogP contribution in [0.15, 0.2) is 47.3 Å². The summed E-state index contributed by atoms with van der Waals surface area (Å²) in [5.74, 6) is 0. The first-order chi connectivity index (χ1) is 8.24. The van der Waals surface area contributed by atoms with Gasteiger partial charge in [0.2, 0.25) is 0 Å². The highest BCUT2D eigenvalue weighted by atomic mass is 79.9. The Bertz CT molecular complexity index is 456. The fraction of sp³-hybridized carbons (Fsp3) is 0.231. The van der Waals surface area contributed by atoms with Gasteiger partial charge in [0.1, 0.15) is 0 Å². The molecule has 2 aromatic heterocycles. The molecular formula is C13H14BrN3. The van der Waals surface area contributed by atoms with Gasteiger partial charge in [0.05, 0.1) is 5.69 Å². The number of hydrogen-bond acceptors (Lipinski definition) is 3. The fourth-order valence-electron chi connectivity index (χ4n) is 1.64. The van der Waals surface area contributed by atoms with Crippen molar-refractivity contribution in [3.63, 3.8) is 0 Å². The van der Waals surface area contributed by atoms with E-state index in [2.05, 4.69) is 43.9 Å². The maximum Gasteiger partial charge on any atom is 0.0544 e. The number of pyridine rings is 2. The average molecular weight is 292 g/mol. The van der Waals surface area contributed by atoms with Gasteiger partial charge >= 0.3 is 0 Å². The van der Waals surface area contributed by atoms with Crippen molar-refractivity contribution in [3.05, 3.63) is 58.6 Å². The van der Waals surface area contributed by atoms with Crippen LogP contribution in [-0.2, 0) is 13.1 Å². The standard InChI is InChI=1S/C13H14BrN3/c1-17(9-11-3-2-6-15-7-11)10-13-5-4-12(14)8-16-13/h2-8H,9-10H2,1H3. The molecule has 0 amide bonds. The normalized spacial score (nSPS) is 10.8. The summed E-state index contributed by atoms with van der Waals surface area (Å²) in [6.07, 6.45) is 5.51. The molecule has 2 heterocycles. The molecule has 17 heavy (non-hydrogen) atoms. The van der Waals surface area contributed by atoms with Gasteiger partial charge in [-0.2, -0.15) is 0 Å². The minimum absolute atomic E-state index is 0.835. The molecule has 0 aliphatic rings. The Hall–Kier alpha value is -1.26. The van der Waals surface area contributed by atoms with Crippen molar-refractivity contribution in [2.45, 2.75) is 13.1 Å². The molecule has 0 N–H and O–H groups in total. The lowest BCUT2D eigenvalue weighted by Gasteiger charge is -2.15. The van der Waals surface area contributed by atoms with E-state index in [1.807, 2.05) is 30.6 Å². The molecule has 0 spiro atoms. The predicted molar refractivity (Wildman–Crippen MR) is 71.3 cm³/mol. The molecule has 88 valence electrons. The minimum atomic E-state index is 0.835. The van der Waals surface area contributed by atoms with Gasteiger partial charge in [0, 0.05) is 36.2 Å². The number of aromatic nitrogens is 2. The zero-order valence-electron chi connectivity index (χ0n) is 9.68. The molecule has 0 saturated carbocycles. The van der Waals surface area contributed by atoms with Crippen molar-refractivity contribution in [2.24, 2.45) is 0 Å². The third-order valence-corrected chi connectivity index (χ3v) is 2.86. The van der Waals surface area contributed by atoms with Crippen molar-refractivity contribution < 1.29 is 0 Å². The van der Waals surface area contributed by atoms with E-state index in [0.717, 1.165) is 23.3 Å². The minimum Gasteiger partial charge on any atom is -0.296 e. The summed E-state index contributed by atoms with van der Waals surface area (Å²) >= 11 is 3.38. The molecule has 0 radical (unpaired) electrons. The van der Waals surface area contributed by atoms with Gasteiger partial charge in [-0.15, -0.1) is 0 Å². The van der Waals surface area contributed by atoms with Crippen LogP contribution in [0.5, 0.6) is 0 Å². The van der Waals surface area contributed by atoms with E-state index >= 15 is 0 Å². The van der Waals surface area contributed by atoms with Crippen molar-refractivity contribution in [3.8, 4) is 0 Å². The second-order valence-electron chi connectivity index (χ2n) is 4.00. The lowest BCUT2D eigenvalue weighted by atomic mass is 10.2. The molecule has 0 unspecified atom stereocenters. The number of rotatable bonds is 4. The second kappa shape index (κ2) is 5.89. The quantitative estimate of drug-likeness (QED) is 0.867. The van der Waals surface area contributed by atoms with Crippen molar-refractivity contribution in [1.29, 1.82) is 0 Å². The number of nitrogens with zero attached hydrogens (tertiary/aromatic N) is 3. The highest BCUT2D eigenvalue weighted by Gasteiger charge is 2.02. The number of halogens is 1. The van der Waals surface area contributed by atoms with Crippen molar-refractivity contribution in [2.75, 3.05) is 7.05 Å². The maximum absolute atomic E-state index is 4.36. The zero-order chi connectivity index (χ0) is 12.1. The fourth-order valence-corrected chi connectivity index (χ4v) is 1.87. The topological polar surface area (TPSA) is 29.0 Å². The Balaban J connectivity index is 1.93. The van der Waals surface area contributed by atoms with E-state index in [0.29, 0.717) is 0 Å². The van der Waals surface area contributed by atoms with Crippen LogP contribution in [0, 0.1) is 0 Å². The van der Waals surface area contributed by atoms with Crippen molar-refractivity contribution >= 4 is 15.9 Å². The van der Waals surface area contributed by atoms with Gasteiger partial charge in [-0.3, -0.25) is 14.9 Å². The Morgan fingerprint density at radius 1 is 1.18 bits per heavy atom. The van der Waals surface area contributed by atoms with Crippen LogP contribution in [0.3, 0.4) is 0 Å². The molecule has 0 aromatic carbocycles. The molecular weight excluding hydrogens is 278 g/mol. The molecule has 4 heteroatoms. The van der Waals surface area contributed by atoms with Crippen LogP contribution < -0.4 is 0 Å². The Morgan fingerprint density at radius 3 is 2.71 bits per heavy atom. The Labute approximate surface area is 110 Å². The maximum atomic E-state index is 4.36. The monoisotopic (exact) mass is 291 g/mol. The van der Waals surface area contributed by atoms with Gasteiger partial charge in [-0.05, 0) is 46.7 Å². The van der Waals surface area contributed by atoms with Gasteiger partial charge in [0.25, 0.3) is 0 Å². The molecule has 0 fully saturated rings. The lowest BCUT2D eigenvalue weighted by Crippen LogP contribution is -2.17. The number of hydrogen-bond donors (Lipinski definition) is 0. The Morgan fingerprint density at radius 2 is 2.06 bits per heavy atom. The van der Waals surface area contributed by atoms with Crippen LogP contribution >= 0.6 is 15.9 Å². The van der Waals surface area contributed by atoms with Crippen LogP contribution in [0.4, 0.5) is 0 Å². The summed E-state index contributed by atoms with van der Waals surface area (Å²) < 4.78 is 1.01. The predicted octanol–water partition coefficient (Wildman–Crippen LogP) is 2.87. The van der Waals surface area contributed by atoms with Crippen LogP contribution in [0.2, 0.25) is 0 Å².